The molecule has 0 aliphatic carbocycles. The summed E-state index contributed by atoms with van der Waals surface area (Å²) in [6.07, 6.45) is -2.82. The lowest BCUT2D eigenvalue weighted by molar-refractivity contribution is 0.171. The summed E-state index contributed by atoms with van der Waals surface area (Å²) >= 11 is 12.5. The number of nitrogens with zero attached hydrogens (tertiary/aromatic N) is 1. The summed E-state index contributed by atoms with van der Waals surface area (Å²) in [4.78, 5) is -0.106. The van der Waals surface area contributed by atoms with E-state index in [0.717, 1.165) is 4.31 Å². The standard InChI is InChI=1S/C23H22Cl2N2O6S/c24-14-5-7-19(17(11-14)23(29)16-3-1-2-4-18(16)25)27(13-22(26)28)34(30,31)15-6-8-20-21(12-15)33-10-9-32-20/h1-8,11-12,22-23,28-29H,9-10,13,26H2. The second-order valence-electron chi connectivity index (χ2n) is 7.54. The summed E-state index contributed by atoms with van der Waals surface area (Å²) < 4.78 is 39.4. The molecule has 0 bridgehead atoms. The van der Waals surface area contributed by atoms with Crippen molar-refractivity contribution < 1.29 is 28.1 Å². The minimum absolute atomic E-state index is 0.0798. The van der Waals surface area contributed by atoms with Crippen LogP contribution in [-0.4, -0.2) is 44.6 Å². The van der Waals surface area contributed by atoms with E-state index >= 15 is 0 Å². The van der Waals surface area contributed by atoms with Gasteiger partial charge in [0, 0.05) is 27.2 Å². The number of fused-ring (bicyclic) bond motifs is 1. The Bertz CT molecular complexity index is 1300. The lowest BCUT2D eigenvalue weighted by atomic mass is 9.99. The van der Waals surface area contributed by atoms with E-state index in [0.29, 0.717) is 22.9 Å². The first-order chi connectivity index (χ1) is 16.2. The van der Waals surface area contributed by atoms with Gasteiger partial charge in [-0.25, -0.2) is 8.42 Å². The van der Waals surface area contributed by atoms with Crippen LogP contribution < -0.4 is 19.5 Å². The van der Waals surface area contributed by atoms with Crippen LogP contribution in [0.15, 0.2) is 65.6 Å². The van der Waals surface area contributed by atoms with Crippen LogP contribution in [0.25, 0.3) is 0 Å². The molecule has 3 aromatic rings. The van der Waals surface area contributed by atoms with Crippen molar-refractivity contribution in [1.82, 2.24) is 0 Å². The van der Waals surface area contributed by atoms with Crippen molar-refractivity contribution in [2.75, 3.05) is 24.1 Å². The number of aliphatic hydroxyl groups excluding tert-OH is 2. The summed E-state index contributed by atoms with van der Waals surface area (Å²) in [7, 11) is -4.27. The monoisotopic (exact) mass is 524 g/mol. The molecular formula is C23H22Cl2N2O6S. The highest BCUT2D eigenvalue weighted by Crippen LogP contribution is 2.39. The maximum atomic E-state index is 13.7. The third-order valence-electron chi connectivity index (χ3n) is 5.21. The second kappa shape index (κ2) is 9.99. The molecule has 8 nitrogen and oxygen atoms in total. The third kappa shape index (κ3) is 4.95. The van der Waals surface area contributed by atoms with Gasteiger partial charge < -0.3 is 25.4 Å². The van der Waals surface area contributed by atoms with Gasteiger partial charge in [-0.2, -0.15) is 0 Å². The predicted octanol–water partition coefficient (Wildman–Crippen LogP) is 3.32. The van der Waals surface area contributed by atoms with Crippen molar-refractivity contribution in [3.05, 3.63) is 81.8 Å². The minimum atomic E-state index is -4.27. The summed E-state index contributed by atoms with van der Waals surface area (Å²) in [6, 6.07) is 15.2. The molecule has 0 aromatic heterocycles. The van der Waals surface area contributed by atoms with Gasteiger partial charge in [0.2, 0.25) is 0 Å². The molecule has 0 fully saturated rings. The molecule has 180 valence electrons. The molecule has 4 N–H and O–H groups in total. The number of rotatable bonds is 7. The zero-order valence-corrected chi connectivity index (χ0v) is 20.1. The van der Waals surface area contributed by atoms with E-state index in [4.69, 9.17) is 38.4 Å². The number of halogens is 2. The first kappa shape index (κ1) is 24.6. The molecule has 2 atom stereocenters. The molecule has 0 radical (unpaired) electrons. The van der Waals surface area contributed by atoms with Crippen molar-refractivity contribution in [2.24, 2.45) is 5.73 Å². The number of benzene rings is 3. The second-order valence-corrected chi connectivity index (χ2v) is 10.2. The Morgan fingerprint density at radius 2 is 1.65 bits per heavy atom. The topological polar surface area (TPSA) is 122 Å². The number of ether oxygens (including phenoxy) is 2. The van der Waals surface area contributed by atoms with Crippen LogP contribution in [0.3, 0.4) is 0 Å². The zero-order valence-electron chi connectivity index (χ0n) is 17.8. The van der Waals surface area contributed by atoms with E-state index in [-0.39, 0.29) is 33.5 Å². The van der Waals surface area contributed by atoms with Crippen LogP contribution in [-0.2, 0) is 10.0 Å². The molecule has 0 spiro atoms. The quantitative estimate of drug-likeness (QED) is 0.405. The Hall–Kier alpha value is -2.53. The van der Waals surface area contributed by atoms with Crippen LogP contribution in [0, 0.1) is 0 Å². The van der Waals surface area contributed by atoms with Gasteiger partial charge in [-0.1, -0.05) is 41.4 Å². The fourth-order valence-electron chi connectivity index (χ4n) is 3.64. The minimum Gasteiger partial charge on any atom is -0.486 e. The first-order valence-corrected chi connectivity index (χ1v) is 12.5. The Morgan fingerprint density at radius 1 is 0.941 bits per heavy atom. The Labute approximate surface area is 207 Å². The van der Waals surface area contributed by atoms with Gasteiger partial charge in [-0.15, -0.1) is 0 Å². The average Bonchev–Trinajstić information content (AvgIpc) is 2.82. The number of nitrogens with two attached hydrogens (primary N) is 1. The smallest absolute Gasteiger partial charge is 0.264 e. The van der Waals surface area contributed by atoms with Gasteiger partial charge in [0.15, 0.2) is 11.5 Å². The maximum absolute atomic E-state index is 13.7. The molecule has 0 amide bonds. The Morgan fingerprint density at radius 3 is 2.35 bits per heavy atom. The lowest BCUT2D eigenvalue weighted by Crippen LogP contribution is -2.41. The molecule has 4 rings (SSSR count). The Kier molecular flexibility index (Phi) is 7.22. The fraction of sp³-hybridized carbons (Fsp3) is 0.217. The molecular weight excluding hydrogens is 503 g/mol. The van der Waals surface area contributed by atoms with E-state index < -0.39 is 28.9 Å². The molecule has 0 saturated carbocycles. The normalized spacial score (nSPS) is 15.0. The van der Waals surface area contributed by atoms with Gasteiger partial charge in [0.25, 0.3) is 10.0 Å². The maximum Gasteiger partial charge on any atom is 0.264 e. The van der Waals surface area contributed by atoms with Crippen LogP contribution in [0.5, 0.6) is 11.5 Å². The Balaban J connectivity index is 1.85. The van der Waals surface area contributed by atoms with Gasteiger partial charge in [-0.3, -0.25) is 4.31 Å². The summed E-state index contributed by atoms with van der Waals surface area (Å²) in [5, 5.41) is 21.7. The summed E-state index contributed by atoms with van der Waals surface area (Å²) in [5.74, 6) is 0.713. The highest BCUT2D eigenvalue weighted by molar-refractivity contribution is 7.92. The van der Waals surface area contributed by atoms with E-state index in [9.17, 15) is 18.6 Å². The SMILES string of the molecule is NC(O)CN(c1ccc(Cl)cc1C(O)c1ccccc1Cl)S(=O)(=O)c1ccc2c(c1)OCCO2. The zero-order chi connectivity index (χ0) is 24.5. The lowest BCUT2D eigenvalue weighted by Gasteiger charge is -2.29. The summed E-state index contributed by atoms with van der Waals surface area (Å²) in [5.41, 5.74) is 6.21. The first-order valence-electron chi connectivity index (χ1n) is 10.3. The van der Waals surface area contributed by atoms with Crippen LogP contribution >= 0.6 is 23.2 Å². The van der Waals surface area contributed by atoms with Crippen molar-refractivity contribution >= 4 is 38.9 Å². The molecule has 2 unspecified atom stereocenters. The van der Waals surface area contributed by atoms with Crippen LogP contribution in [0.4, 0.5) is 5.69 Å². The highest BCUT2D eigenvalue weighted by atomic mass is 35.5. The molecule has 0 saturated heterocycles. The number of hydrogen-bond acceptors (Lipinski definition) is 7. The fourth-order valence-corrected chi connectivity index (χ4v) is 5.59. The van der Waals surface area contributed by atoms with E-state index in [2.05, 4.69) is 0 Å². The number of anilines is 1. The van der Waals surface area contributed by atoms with Gasteiger partial charge in [0.1, 0.15) is 25.5 Å². The molecule has 3 aromatic carbocycles. The van der Waals surface area contributed by atoms with Crippen molar-refractivity contribution in [1.29, 1.82) is 0 Å². The van der Waals surface area contributed by atoms with E-state index in [1.165, 1.54) is 36.4 Å². The third-order valence-corrected chi connectivity index (χ3v) is 7.56. The average molecular weight is 525 g/mol. The highest BCUT2D eigenvalue weighted by Gasteiger charge is 2.31. The molecule has 1 heterocycles. The summed E-state index contributed by atoms with van der Waals surface area (Å²) in [6.45, 7) is 0.159. The van der Waals surface area contributed by atoms with E-state index in [1.54, 1.807) is 24.3 Å². The largest absolute Gasteiger partial charge is 0.486 e. The van der Waals surface area contributed by atoms with Gasteiger partial charge in [0.05, 0.1) is 17.1 Å². The van der Waals surface area contributed by atoms with Crippen LogP contribution in [0.1, 0.15) is 17.2 Å². The van der Waals surface area contributed by atoms with E-state index in [1.807, 2.05) is 0 Å². The molecule has 1 aliphatic rings. The molecule has 11 heteroatoms. The van der Waals surface area contributed by atoms with Crippen molar-refractivity contribution in [2.45, 2.75) is 17.2 Å². The van der Waals surface area contributed by atoms with Gasteiger partial charge >= 0.3 is 0 Å². The number of sulfonamides is 1. The number of hydrogen-bond donors (Lipinski definition) is 3. The van der Waals surface area contributed by atoms with Gasteiger partial charge in [-0.05, 0) is 36.4 Å². The molecule has 34 heavy (non-hydrogen) atoms. The van der Waals surface area contributed by atoms with Crippen LogP contribution in [0.2, 0.25) is 10.0 Å². The molecule has 1 aliphatic heterocycles. The predicted molar refractivity (Wildman–Crippen MR) is 129 cm³/mol. The number of aliphatic hydroxyl groups is 2. The van der Waals surface area contributed by atoms with Crippen molar-refractivity contribution in [3.8, 4) is 11.5 Å². The van der Waals surface area contributed by atoms with Crippen molar-refractivity contribution in [3.63, 3.8) is 0 Å².